The smallest absolute Gasteiger partial charge is 0.101 e. The molecular formula is C20H23ClN4. The zero-order chi connectivity index (χ0) is 18.0. The van der Waals surface area contributed by atoms with Crippen molar-refractivity contribution in [2.45, 2.75) is 39.7 Å². The van der Waals surface area contributed by atoms with Gasteiger partial charge >= 0.3 is 0 Å². The lowest BCUT2D eigenvalue weighted by molar-refractivity contribution is 0.278. The zero-order valence-electron chi connectivity index (χ0n) is 14.9. The van der Waals surface area contributed by atoms with E-state index < -0.39 is 0 Å². The minimum atomic E-state index is 0.139. The highest BCUT2D eigenvalue weighted by Crippen LogP contribution is 2.41. The molecule has 3 rings (SSSR count). The molecule has 0 aliphatic heterocycles. The van der Waals surface area contributed by atoms with Crippen molar-refractivity contribution in [1.82, 2.24) is 9.55 Å². The Kier molecular flexibility index (Phi) is 4.87. The molecule has 0 spiro atoms. The van der Waals surface area contributed by atoms with E-state index in [0.717, 1.165) is 25.1 Å². The summed E-state index contributed by atoms with van der Waals surface area (Å²) >= 11 is 6.27. The topological polar surface area (TPSA) is 44.9 Å². The van der Waals surface area contributed by atoms with Crippen LogP contribution in [0.5, 0.6) is 0 Å². The Labute approximate surface area is 154 Å². The largest absolute Gasteiger partial charge is 0.365 e. The molecule has 1 heterocycles. The molecule has 1 atom stereocenters. The normalized spacial score (nSPS) is 19.2. The Hall–Kier alpha value is -2.25. The summed E-state index contributed by atoms with van der Waals surface area (Å²) in [5.74, 6) is 0. The van der Waals surface area contributed by atoms with Crippen molar-refractivity contribution in [3.8, 4) is 6.07 Å². The van der Waals surface area contributed by atoms with E-state index in [1.807, 2.05) is 30.9 Å². The molecule has 0 saturated carbocycles. The van der Waals surface area contributed by atoms with E-state index in [-0.39, 0.29) is 11.5 Å². The number of hydrogen-bond donors (Lipinski definition) is 0. The van der Waals surface area contributed by atoms with Gasteiger partial charge in [-0.05, 0) is 49.5 Å². The Balaban J connectivity index is 2.01. The summed E-state index contributed by atoms with van der Waals surface area (Å²) in [6.07, 6.45) is 10.1. The van der Waals surface area contributed by atoms with E-state index in [1.54, 1.807) is 6.07 Å². The van der Waals surface area contributed by atoms with Gasteiger partial charge in [0.05, 0.1) is 23.0 Å². The maximum Gasteiger partial charge on any atom is 0.101 e. The van der Waals surface area contributed by atoms with Gasteiger partial charge in [-0.25, -0.2) is 4.98 Å². The molecule has 0 amide bonds. The summed E-state index contributed by atoms with van der Waals surface area (Å²) in [7, 11) is 0. The number of nitriles is 1. The number of anilines is 1. The van der Waals surface area contributed by atoms with E-state index >= 15 is 0 Å². The molecule has 0 N–H and O–H groups in total. The van der Waals surface area contributed by atoms with Crippen LogP contribution < -0.4 is 4.90 Å². The van der Waals surface area contributed by atoms with Crippen molar-refractivity contribution in [2.75, 3.05) is 11.4 Å². The molecule has 4 nitrogen and oxygen atoms in total. The Morgan fingerprint density at radius 2 is 2.24 bits per heavy atom. The van der Waals surface area contributed by atoms with Crippen LogP contribution in [0.3, 0.4) is 0 Å². The summed E-state index contributed by atoms with van der Waals surface area (Å²) in [5, 5.41) is 9.62. The molecular weight excluding hydrogens is 332 g/mol. The van der Waals surface area contributed by atoms with Gasteiger partial charge in [-0.3, -0.25) is 0 Å². The molecule has 0 saturated heterocycles. The SMILES string of the molecule is CCN(c1ccc(C#N)c(Cl)c1)C1C=C(n2ccnc2)CCC1(C)C. The average Bonchev–Trinajstić information content (AvgIpc) is 3.11. The molecule has 1 aromatic carbocycles. The highest BCUT2D eigenvalue weighted by atomic mass is 35.5. The molecule has 25 heavy (non-hydrogen) atoms. The standard InChI is InChI=1S/C20H23ClN4/c1-4-25(17-6-5-15(13-22)18(21)11-17)19-12-16(7-8-20(19,2)3)24-10-9-23-14-24/h5-6,9-12,14,19H,4,7-8H2,1-3H3. The van der Waals surface area contributed by atoms with E-state index in [2.05, 4.69) is 47.4 Å². The van der Waals surface area contributed by atoms with E-state index in [4.69, 9.17) is 16.9 Å². The number of hydrogen-bond acceptors (Lipinski definition) is 3. The predicted octanol–water partition coefficient (Wildman–Crippen LogP) is 4.96. The van der Waals surface area contributed by atoms with Crippen molar-refractivity contribution in [1.29, 1.82) is 5.26 Å². The van der Waals surface area contributed by atoms with Gasteiger partial charge < -0.3 is 9.47 Å². The van der Waals surface area contributed by atoms with Gasteiger partial charge in [-0.15, -0.1) is 0 Å². The Morgan fingerprint density at radius 3 is 2.84 bits per heavy atom. The Bertz CT molecular complexity index is 815. The van der Waals surface area contributed by atoms with Crippen LogP contribution in [-0.2, 0) is 0 Å². The number of aromatic nitrogens is 2. The predicted molar refractivity (Wildman–Crippen MR) is 102 cm³/mol. The lowest BCUT2D eigenvalue weighted by Gasteiger charge is -2.44. The van der Waals surface area contributed by atoms with Crippen LogP contribution in [0.4, 0.5) is 5.69 Å². The zero-order valence-corrected chi connectivity index (χ0v) is 15.7. The summed E-state index contributed by atoms with van der Waals surface area (Å²) in [4.78, 5) is 6.54. The van der Waals surface area contributed by atoms with E-state index in [9.17, 15) is 0 Å². The third kappa shape index (κ3) is 3.43. The lowest BCUT2D eigenvalue weighted by atomic mass is 9.74. The molecule has 0 bridgehead atoms. The second-order valence-electron chi connectivity index (χ2n) is 7.12. The van der Waals surface area contributed by atoms with Crippen LogP contribution in [0.2, 0.25) is 5.02 Å². The first-order chi connectivity index (χ1) is 12.0. The van der Waals surface area contributed by atoms with Gasteiger partial charge in [0, 0.05) is 30.3 Å². The minimum absolute atomic E-state index is 0.139. The first-order valence-electron chi connectivity index (χ1n) is 8.61. The highest BCUT2D eigenvalue weighted by Gasteiger charge is 2.36. The second-order valence-corrected chi connectivity index (χ2v) is 7.53. The van der Waals surface area contributed by atoms with Crippen LogP contribution in [0.15, 0.2) is 43.0 Å². The molecule has 5 heteroatoms. The van der Waals surface area contributed by atoms with Gasteiger partial charge in [0.15, 0.2) is 0 Å². The molecule has 1 aromatic heterocycles. The molecule has 1 unspecified atom stereocenters. The van der Waals surface area contributed by atoms with Gasteiger partial charge in [0.25, 0.3) is 0 Å². The fraction of sp³-hybridized carbons (Fsp3) is 0.400. The monoisotopic (exact) mass is 354 g/mol. The minimum Gasteiger partial charge on any atom is -0.365 e. The van der Waals surface area contributed by atoms with Crippen LogP contribution in [-0.4, -0.2) is 22.1 Å². The number of imidazole rings is 1. The molecule has 0 fully saturated rings. The molecule has 2 aromatic rings. The van der Waals surface area contributed by atoms with Gasteiger partial charge in [0.2, 0.25) is 0 Å². The molecule has 1 aliphatic carbocycles. The first kappa shape index (κ1) is 17.6. The number of benzene rings is 1. The average molecular weight is 355 g/mol. The number of nitrogens with zero attached hydrogens (tertiary/aromatic N) is 4. The summed E-state index contributed by atoms with van der Waals surface area (Å²) in [6, 6.07) is 8.06. The van der Waals surface area contributed by atoms with Gasteiger partial charge in [-0.1, -0.05) is 25.4 Å². The maximum atomic E-state index is 9.11. The van der Waals surface area contributed by atoms with Gasteiger partial charge in [0.1, 0.15) is 6.07 Å². The second kappa shape index (κ2) is 6.93. The number of likely N-dealkylation sites (N-methyl/N-ethyl adjacent to an activating group) is 1. The molecule has 1 aliphatic rings. The third-order valence-corrected chi connectivity index (χ3v) is 5.41. The van der Waals surface area contributed by atoms with E-state index in [0.29, 0.717) is 10.6 Å². The van der Waals surface area contributed by atoms with E-state index in [1.165, 1.54) is 5.70 Å². The summed E-state index contributed by atoms with van der Waals surface area (Å²) in [5.41, 5.74) is 2.98. The Morgan fingerprint density at radius 1 is 1.44 bits per heavy atom. The first-order valence-corrected chi connectivity index (χ1v) is 8.99. The highest BCUT2D eigenvalue weighted by molar-refractivity contribution is 6.32. The fourth-order valence-corrected chi connectivity index (χ4v) is 3.78. The van der Waals surface area contributed by atoms with Crippen molar-refractivity contribution in [3.05, 3.63) is 53.6 Å². The summed E-state index contributed by atoms with van der Waals surface area (Å²) in [6.45, 7) is 7.64. The van der Waals surface area contributed by atoms with Crippen molar-refractivity contribution in [2.24, 2.45) is 5.41 Å². The molecule has 0 radical (unpaired) electrons. The molecule has 130 valence electrons. The summed E-state index contributed by atoms with van der Waals surface area (Å²) < 4.78 is 2.10. The number of rotatable bonds is 4. The quantitative estimate of drug-likeness (QED) is 0.779. The van der Waals surface area contributed by atoms with Gasteiger partial charge in [-0.2, -0.15) is 5.26 Å². The van der Waals surface area contributed by atoms with Crippen LogP contribution in [0.25, 0.3) is 5.70 Å². The fourth-order valence-electron chi connectivity index (χ4n) is 3.56. The van der Waals surface area contributed by atoms with Crippen molar-refractivity contribution >= 4 is 23.0 Å². The van der Waals surface area contributed by atoms with Crippen LogP contribution >= 0.6 is 11.6 Å². The van der Waals surface area contributed by atoms with Crippen molar-refractivity contribution in [3.63, 3.8) is 0 Å². The number of halogens is 1. The third-order valence-electron chi connectivity index (χ3n) is 5.09. The van der Waals surface area contributed by atoms with Crippen LogP contribution in [0.1, 0.15) is 39.2 Å². The van der Waals surface area contributed by atoms with Crippen molar-refractivity contribution < 1.29 is 0 Å². The maximum absolute atomic E-state index is 9.11. The number of allylic oxidation sites excluding steroid dienone is 1. The van der Waals surface area contributed by atoms with Crippen LogP contribution in [0, 0.1) is 16.7 Å². The lowest BCUT2D eigenvalue weighted by Crippen LogP contribution is -2.46.